The van der Waals surface area contributed by atoms with Crippen LogP contribution in [0.5, 0.6) is 5.75 Å². The second kappa shape index (κ2) is 5.02. The van der Waals surface area contributed by atoms with Crippen LogP contribution in [0.25, 0.3) is 10.8 Å². The van der Waals surface area contributed by atoms with Crippen molar-refractivity contribution in [2.24, 2.45) is 0 Å². The number of rotatable bonds is 3. The average Bonchev–Trinajstić information content (AvgIpc) is 2.84. The molecule has 3 heteroatoms. The molecule has 1 N–H and O–H groups in total. The number of aryl methyl sites for hydroxylation is 1. The summed E-state index contributed by atoms with van der Waals surface area (Å²) < 4.78 is 5.57. The van der Waals surface area contributed by atoms with Gasteiger partial charge >= 0.3 is 0 Å². The van der Waals surface area contributed by atoms with Crippen molar-refractivity contribution in [2.45, 2.75) is 17.6 Å². The summed E-state index contributed by atoms with van der Waals surface area (Å²) in [7, 11) is 0. The fraction of sp³-hybridized carbons (Fsp3) is 0.125. The van der Waals surface area contributed by atoms with E-state index in [9.17, 15) is 5.11 Å². The molecule has 0 atom stereocenters. The highest BCUT2D eigenvalue weighted by atomic mass is 32.2. The molecule has 0 unspecified atom stereocenters. The maximum atomic E-state index is 9.86. The van der Waals surface area contributed by atoms with Crippen molar-refractivity contribution in [1.29, 1.82) is 0 Å². The Morgan fingerprint density at radius 3 is 2.53 bits per heavy atom. The van der Waals surface area contributed by atoms with Crippen LogP contribution in [0.4, 0.5) is 0 Å². The van der Waals surface area contributed by atoms with E-state index in [0.717, 1.165) is 32.9 Å². The number of furan rings is 1. The highest BCUT2D eigenvalue weighted by molar-refractivity contribution is 7.98. The predicted molar refractivity (Wildman–Crippen MR) is 78.6 cm³/mol. The number of hydrogen-bond donors (Lipinski definition) is 1. The summed E-state index contributed by atoms with van der Waals surface area (Å²) in [5, 5.41) is 11.8. The minimum absolute atomic E-state index is 0.328. The van der Waals surface area contributed by atoms with Crippen molar-refractivity contribution in [2.75, 3.05) is 0 Å². The Hall–Kier alpha value is -1.87. The van der Waals surface area contributed by atoms with E-state index in [4.69, 9.17) is 4.42 Å². The van der Waals surface area contributed by atoms with Crippen molar-refractivity contribution >= 4 is 22.5 Å². The molecule has 3 aromatic rings. The number of benzene rings is 2. The summed E-state index contributed by atoms with van der Waals surface area (Å²) in [5.74, 6) is 3.03. The van der Waals surface area contributed by atoms with Crippen LogP contribution >= 0.6 is 11.8 Å². The molecule has 2 nitrogen and oxygen atoms in total. The zero-order chi connectivity index (χ0) is 13.2. The molecule has 0 fully saturated rings. The molecule has 0 saturated carbocycles. The second-order valence-corrected chi connectivity index (χ2v) is 5.45. The molecular weight excluding hydrogens is 256 g/mol. The molecule has 0 aliphatic heterocycles. The average molecular weight is 270 g/mol. The van der Waals surface area contributed by atoms with Gasteiger partial charge in [-0.1, -0.05) is 24.3 Å². The Morgan fingerprint density at radius 1 is 1.00 bits per heavy atom. The molecule has 0 radical (unpaired) electrons. The quantitative estimate of drug-likeness (QED) is 0.698. The van der Waals surface area contributed by atoms with Crippen LogP contribution < -0.4 is 0 Å². The van der Waals surface area contributed by atoms with Gasteiger partial charge in [-0.3, -0.25) is 0 Å². The first kappa shape index (κ1) is 12.2. The van der Waals surface area contributed by atoms with Crippen LogP contribution in [-0.2, 0) is 5.75 Å². The molecule has 2 aromatic carbocycles. The van der Waals surface area contributed by atoms with Crippen LogP contribution in [0.15, 0.2) is 57.8 Å². The summed E-state index contributed by atoms with van der Waals surface area (Å²) >= 11 is 1.72. The highest BCUT2D eigenvalue weighted by Gasteiger charge is 2.06. The van der Waals surface area contributed by atoms with Gasteiger partial charge in [0.1, 0.15) is 17.3 Å². The third-order valence-electron chi connectivity index (χ3n) is 3.03. The van der Waals surface area contributed by atoms with Crippen LogP contribution in [0.3, 0.4) is 0 Å². The van der Waals surface area contributed by atoms with E-state index in [-0.39, 0.29) is 0 Å². The number of aromatic hydroxyl groups is 1. The largest absolute Gasteiger partial charge is 0.507 e. The Morgan fingerprint density at radius 2 is 1.79 bits per heavy atom. The fourth-order valence-corrected chi connectivity index (χ4v) is 3.04. The molecule has 0 bridgehead atoms. The molecule has 1 aromatic heterocycles. The summed E-state index contributed by atoms with van der Waals surface area (Å²) in [5.41, 5.74) is 0. The van der Waals surface area contributed by atoms with Gasteiger partial charge in [-0.25, -0.2) is 0 Å². The van der Waals surface area contributed by atoms with Gasteiger partial charge in [0.15, 0.2) is 0 Å². The Labute approximate surface area is 116 Å². The van der Waals surface area contributed by atoms with Gasteiger partial charge < -0.3 is 9.52 Å². The maximum Gasteiger partial charge on any atom is 0.123 e. The standard InChI is InChI=1S/C16H14O2S/c1-11-6-7-12(18-11)10-19-16-9-8-15(17)13-4-2-3-5-14(13)16/h2-9,17H,10H2,1H3. The van der Waals surface area contributed by atoms with Crippen molar-refractivity contribution in [1.82, 2.24) is 0 Å². The minimum atomic E-state index is 0.328. The number of phenols is 1. The molecule has 96 valence electrons. The van der Waals surface area contributed by atoms with Crippen LogP contribution in [0.2, 0.25) is 0 Å². The van der Waals surface area contributed by atoms with Crippen LogP contribution in [-0.4, -0.2) is 5.11 Å². The van der Waals surface area contributed by atoms with Gasteiger partial charge in [0.05, 0.1) is 5.75 Å². The number of thioether (sulfide) groups is 1. The molecule has 3 rings (SSSR count). The lowest BCUT2D eigenvalue weighted by Crippen LogP contribution is -1.80. The number of phenolic OH excluding ortho intramolecular Hbond substituents is 1. The van der Waals surface area contributed by atoms with Crippen molar-refractivity contribution in [3.63, 3.8) is 0 Å². The van der Waals surface area contributed by atoms with E-state index < -0.39 is 0 Å². The molecule has 0 saturated heterocycles. The van der Waals surface area contributed by atoms with E-state index in [2.05, 4.69) is 0 Å². The van der Waals surface area contributed by atoms with E-state index in [1.165, 1.54) is 0 Å². The third kappa shape index (κ3) is 2.47. The second-order valence-electron chi connectivity index (χ2n) is 4.43. The fourth-order valence-electron chi connectivity index (χ4n) is 2.09. The SMILES string of the molecule is Cc1ccc(CSc2ccc(O)c3ccccc23)o1. The van der Waals surface area contributed by atoms with Crippen molar-refractivity contribution in [3.05, 3.63) is 60.1 Å². The topological polar surface area (TPSA) is 33.4 Å². The maximum absolute atomic E-state index is 9.86. The molecule has 19 heavy (non-hydrogen) atoms. The van der Waals surface area contributed by atoms with E-state index >= 15 is 0 Å². The third-order valence-corrected chi connectivity index (χ3v) is 4.12. The lowest BCUT2D eigenvalue weighted by Gasteiger charge is -2.07. The van der Waals surface area contributed by atoms with E-state index in [1.807, 2.05) is 49.4 Å². The lowest BCUT2D eigenvalue weighted by atomic mass is 10.1. The Kier molecular flexibility index (Phi) is 3.22. The van der Waals surface area contributed by atoms with Gasteiger partial charge in [-0.2, -0.15) is 0 Å². The first-order valence-electron chi connectivity index (χ1n) is 6.13. The summed E-state index contributed by atoms with van der Waals surface area (Å²) in [6.07, 6.45) is 0. The van der Waals surface area contributed by atoms with E-state index in [0.29, 0.717) is 5.75 Å². The highest BCUT2D eigenvalue weighted by Crippen LogP contribution is 2.34. The normalized spacial score (nSPS) is 11.0. The number of hydrogen-bond acceptors (Lipinski definition) is 3. The zero-order valence-electron chi connectivity index (χ0n) is 10.6. The first-order valence-corrected chi connectivity index (χ1v) is 7.11. The van der Waals surface area contributed by atoms with Crippen molar-refractivity contribution in [3.8, 4) is 5.75 Å². The van der Waals surface area contributed by atoms with Crippen LogP contribution in [0, 0.1) is 6.92 Å². The molecule has 0 amide bonds. The van der Waals surface area contributed by atoms with Gasteiger partial charge in [-0.05, 0) is 36.6 Å². The zero-order valence-corrected chi connectivity index (χ0v) is 11.4. The summed E-state index contributed by atoms with van der Waals surface area (Å²) in [6, 6.07) is 15.6. The van der Waals surface area contributed by atoms with Gasteiger partial charge in [0.2, 0.25) is 0 Å². The molecule has 0 aliphatic carbocycles. The Bertz CT molecular complexity index is 716. The predicted octanol–water partition coefficient (Wildman–Crippen LogP) is 4.74. The summed E-state index contributed by atoms with van der Waals surface area (Å²) in [6.45, 7) is 1.95. The molecule has 0 spiro atoms. The summed E-state index contributed by atoms with van der Waals surface area (Å²) in [4.78, 5) is 1.16. The monoisotopic (exact) mass is 270 g/mol. The minimum Gasteiger partial charge on any atom is -0.507 e. The lowest BCUT2D eigenvalue weighted by molar-refractivity contribution is 0.481. The first-order chi connectivity index (χ1) is 9.24. The van der Waals surface area contributed by atoms with Crippen molar-refractivity contribution < 1.29 is 9.52 Å². The molecule has 0 aliphatic rings. The van der Waals surface area contributed by atoms with Gasteiger partial charge in [0.25, 0.3) is 0 Å². The van der Waals surface area contributed by atoms with Crippen LogP contribution in [0.1, 0.15) is 11.5 Å². The van der Waals surface area contributed by atoms with Gasteiger partial charge in [0, 0.05) is 10.3 Å². The molecular formula is C16H14O2S. The Balaban J connectivity index is 1.91. The van der Waals surface area contributed by atoms with E-state index in [1.54, 1.807) is 17.8 Å². The smallest absolute Gasteiger partial charge is 0.123 e. The van der Waals surface area contributed by atoms with Gasteiger partial charge in [-0.15, -0.1) is 11.8 Å². The number of fused-ring (bicyclic) bond motifs is 1. The molecule has 1 heterocycles.